The monoisotopic (exact) mass is 250 g/mol. The first-order valence-corrected chi connectivity index (χ1v) is 6.80. The summed E-state index contributed by atoms with van der Waals surface area (Å²) in [4.78, 5) is 11.0. The highest BCUT2D eigenvalue weighted by molar-refractivity contribution is 5.27. The second kappa shape index (κ2) is 7.16. The molecular formula is C13H22N4O. The van der Waals surface area contributed by atoms with Crippen molar-refractivity contribution in [2.75, 3.05) is 38.1 Å². The van der Waals surface area contributed by atoms with E-state index in [4.69, 9.17) is 4.74 Å². The average molecular weight is 250 g/mol. The van der Waals surface area contributed by atoms with Crippen LogP contribution in [0, 0.1) is 0 Å². The Morgan fingerprint density at radius 1 is 1.39 bits per heavy atom. The summed E-state index contributed by atoms with van der Waals surface area (Å²) in [7, 11) is 0. The number of ether oxygens (including phenoxy) is 1. The SMILES string of the molecule is CCCOc1ccnc(NCCN2CCCC2)n1. The number of hydrogen-bond acceptors (Lipinski definition) is 5. The number of nitrogens with zero attached hydrogens (tertiary/aromatic N) is 3. The third kappa shape index (κ3) is 4.14. The Hall–Kier alpha value is -1.36. The van der Waals surface area contributed by atoms with E-state index in [1.165, 1.54) is 25.9 Å². The second-order valence-electron chi connectivity index (χ2n) is 4.54. The highest BCUT2D eigenvalue weighted by atomic mass is 16.5. The van der Waals surface area contributed by atoms with Gasteiger partial charge in [-0.05, 0) is 32.4 Å². The van der Waals surface area contributed by atoms with E-state index in [-0.39, 0.29) is 0 Å². The molecule has 1 aliphatic rings. The molecule has 1 aromatic heterocycles. The van der Waals surface area contributed by atoms with Gasteiger partial charge < -0.3 is 15.0 Å². The molecular weight excluding hydrogens is 228 g/mol. The normalized spacial score (nSPS) is 15.8. The smallest absolute Gasteiger partial charge is 0.225 e. The van der Waals surface area contributed by atoms with Crippen molar-refractivity contribution in [3.05, 3.63) is 12.3 Å². The van der Waals surface area contributed by atoms with E-state index in [9.17, 15) is 0 Å². The highest BCUT2D eigenvalue weighted by Crippen LogP contribution is 2.09. The van der Waals surface area contributed by atoms with Crippen molar-refractivity contribution in [3.8, 4) is 5.88 Å². The Morgan fingerprint density at radius 2 is 2.22 bits per heavy atom. The summed E-state index contributed by atoms with van der Waals surface area (Å²) in [5, 5.41) is 3.24. The second-order valence-corrected chi connectivity index (χ2v) is 4.54. The minimum atomic E-state index is 0.649. The van der Waals surface area contributed by atoms with Crippen molar-refractivity contribution in [3.63, 3.8) is 0 Å². The molecule has 2 heterocycles. The molecule has 1 N–H and O–H groups in total. The molecule has 1 aromatic rings. The first-order valence-electron chi connectivity index (χ1n) is 6.80. The number of anilines is 1. The van der Waals surface area contributed by atoms with E-state index in [2.05, 4.69) is 27.1 Å². The molecule has 0 amide bonds. The maximum absolute atomic E-state index is 5.47. The van der Waals surface area contributed by atoms with Gasteiger partial charge in [0, 0.05) is 25.4 Å². The van der Waals surface area contributed by atoms with Gasteiger partial charge in [0.1, 0.15) is 0 Å². The summed E-state index contributed by atoms with van der Waals surface area (Å²) in [6.45, 7) is 7.17. The maximum Gasteiger partial charge on any atom is 0.225 e. The molecule has 0 atom stereocenters. The summed E-state index contributed by atoms with van der Waals surface area (Å²) < 4.78 is 5.47. The summed E-state index contributed by atoms with van der Waals surface area (Å²) in [5.74, 6) is 1.30. The van der Waals surface area contributed by atoms with Gasteiger partial charge >= 0.3 is 0 Å². The summed E-state index contributed by atoms with van der Waals surface area (Å²) in [6, 6.07) is 1.79. The van der Waals surface area contributed by atoms with Crippen molar-refractivity contribution < 1.29 is 4.74 Å². The van der Waals surface area contributed by atoms with Gasteiger partial charge in [0.25, 0.3) is 0 Å². The molecule has 0 bridgehead atoms. The van der Waals surface area contributed by atoms with E-state index in [0.717, 1.165) is 19.5 Å². The molecule has 1 saturated heterocycles. The lowest BCUT2D eigenvalue weighted by Gasteiger charge is -2.14. The number of likely N-dealkylation sites (tertiary alicyclic amines) is 1. The Labute approximate surface area is 109 Å². The molecule has 1 aliphatic heterocycles. The number of aromatic nitrogens is 2. The van der Waals surface area contributed by atoms with Crippen LogP contribution in [-0.4, -0.2) is 47.7 Å². The van der Waals surface area contributed by atoms with Gasteiger partial charge in [-0.2, -0.15) is 4.98 Å². The Morgan fingerprint density at radius 3 is 3.00 bits per heavy atom. The lowest BCUT2D eigenvalue weighted by molar-refractivity contribution is 0.305. The topological polar surface area (TPSA) is 50.3 Å². The van der Waals surface area contributed by atoms with Gasteiger partial charge in [0.2, 0.25) is 11.8 Å². The van der Waals surface area contributed by atoms with E-state index in [0.29, 0.717) is 18.4 Å². The van der Waals surface area contributed by atoms with E-state index in [1.54, 1.807) is 12.3 Å². The van der Waals surface area contributed by atoms with Crippen LogP contribution in [-0.2, 0) is 0 Å². The lowest BCUT2D eigenvalue weighted by atomic mass is 10.4. The summed E-state index contributed by atoms with van der Waals surface area (Å²) in [5.41, 5.74) is 0. The number of rotatable bonds is 7. The van der Waals surface area contributed by atoms with E-state index >= 15 is 0 Å². The number of nitrogens with one attached hydrogen (secondary N) is 1. The molecule has 0 spiro atoms. The minimum absolute atomic E-state index is 0.649. The predicted octanol–water partition coefficient (Wildman–Crippen LogP) is 1.77. The fraction of sp³-hybridized carbons (Fsp3) is 0.692. The van der Waals surface area contributed by atoms with Crippen LogP contribution in [0.3, 0.4) is 0 Å². The van der Waals surface area contributed by atoms with Crippen LogP contribution in [0.5, 0.6) is 5.88 Å². The van der Waals surface area contributed by atoms with Crippen LogP contribution in [0.15, 0.2) is 12.3 Å². The Bertz CT molecular complexity index is 353. The molecule has 0 aliphatic carbocycles. The van der Waals surface area contributed by atoms with E-state index in [1.807, 2.05) is 0 Å². The molecule has 1 fully saturated rings. The van der Waals surface area contributed by atoms with Crippen LogP contribution < -0.4 is 10.1 Å². The molecule has 2 rings (SSSR count). The quantitative estimate of drug-likeness (QED) is 0.799. The van der Waals surface area contributed by atoms with Crippen LogP contribution in [0.1, 0.15) is 26.2 Å². The van der Waals surface area contributed by atoms with Gasteiger partial charge in [-0.3, -0.25) is 0 Å². The van der Waals surface area contributed by atoms with Crippen molar-refractivity contribution in [1.82, 2.24) is 14.9 Å². The van der Waals surface area contributed by atoms with Crippen molar-refractivity contribution in [1.29, 1.82) is 0 Å². The summed E-state index contributed by atoms with van der Waals surface area (Å²) >= 11 is 0. The third-order valence-electron chi connectivity index (χ3n) is 2.99. The summed E-state index contributed by atoms with van der Waals surface area (Å²) in [6.07, 6.45) is 5.38. The molecule has 0 aromatic carbocycles. The minimum Gasteiger partial charge on any atom is -0.478 e. The molecule has 18 heavy (non-hydrogen) atoms. The number of hydrogen-bond donors (Lipinski definition) is 1. The first-order chi connectivity index (χ1) is 8.88. The van der Waals surface area contributed by atoms with Crippen molar-refractivity contribution in [2.24, 2.45) is 0 Å². The van der Waals surface area contributed by atoms with Crippen LogP contribution >= 0.6 is 0 Å². The van der Waals surface area contributed by atoms with Gasteiger partial charge in [-0.1, -0.05) is 6.92 Å². The first kappa shape index (κ1) is 13.1. The lowest BCUT2D eigenvalue weighted by Crippen LogP contribution is -2.26. The molecule has 0 unspecified atom stereocenters. The average Bonchev–Trinajstić information content (AvgIpc) is 2.90. The Balaban J connectivity index is 1.74. The fourth-order valence-electron chi connectivity index (χ4n) is 2.05. The molecule has 5 heteroatoms. The molecule has 100 valence electrons. The van der Waals surface area contributed by atoms with Crippen LogP contribution in [0.25, 0.3) is 0 Å². The predicted molar refractivity (Wildman–Crippen MR) is 72.0 cm³/mol. The fourth-order valence-corrected chi connectivity index (χ4v) is 2.05. The van der Waals surface area contributed by atoms with E-state index < -0.39 is 0 Å². The zero-order valence-electron chi connectivity index (χ0n) is 11.1. The largest absolute Gasteiger partial charge is 0.478 e. The van der Waals surface area contributed by atoms with Crippen molar-refractivity contribution in [2.45, 2.75) is 26.2 Å². The molecule has 0 saturated carbocycles. The Kier molecular flexibility index (Phi) is 5.20. The third-order valence-corrected chi connectivity index (χ3v) is 2.99. The molecule has 5 nitrogen and oxygen atoms in total. The van der Waals surface area contributed by atoms with Gasteiger partial charge in [0.05, 0.1) is 6.61 Å². The highest BCUT2D eigenvalue weighted by Gasteiger charge is 2.10. The van der Waals surface area contributed by atoms with Crippen molar-refractivity contribution >= 4 is 5.95 Å². The molecule has 0 radical (unpaired) electrons. The standard InChI is InChI=1S/C13H22N4O/c1-2-11-18-12-5-6-14-13(16-12)15-7-10-17-8-3-4-9-17/h5-6H,2-4,7-11H2,1H3,(H,14,15,16). The zero-order chi connectivity index (χ0) is 12.6. The van der Waals surface area contributed by atoms with Gasteiger partial charge in [-0.25, -0.2) is 4.98 Å². The van der Waals surface area contributed by atoms with Crippen LogP contribution in [0.2, 0.25) is 0 Å². The van der Waals surface area contributed by atoms with Crippen LogP contribution in [0.4, 0.5) is 5.95 Å². The zero-order valence-corrected chi connectivity index (χ0v) is 11.1. The van der Waals surface area contributed by atoms with Gasteiger partial charge in [-0.15, -0.1) is 0 Å². The van der Waals surface area contributed by atoms with Gasteiger partial charge in [0.15, 0.2) is 0 Å². The maximum atomic E-state index is 5.47.